The predicted molar refractivity (Wildman–Crippen MR) is 103 cm³/mol. The molecule has 1 saturated heterocycles. The molecule has 1 amide bonds. The average Bonchev–Trinajstić information content (AvgIpc) is 2.67. The predicted octanol–water partition coefficient (Wildman–Crippen LogP) is 4.26. The minimum absolute atomic E-state index is 0.0252. The molecule has 0 aliphatic carbocycles. The molecule has 1 fully saturated rings. The number of hydrogen-bond donors (Lipinski definition) is 1. The number of nitrogens with one attached hydrogen (secondary N) is 1. The maximum Gasteiger partial charge on any atom is 0.243 e. The highest BCUT2D eigenvalue weighted by Gasteiger charge is 2.13. The van der Waals surface area contributed by atoms with E-state index in [0.29, 0.717) is 5.92 Å². The molecule has 1 aliphatic heterocycles. The summed E-state index contributed by atoms with van der Waals surface area (Å²) in [5, 5.41) is 5.58. The van der Waals surface area contributed by atoms with E-state index in [0.717, 1.165) is 51.9 Å². The van der Waals surface area contributed by atoms with Crippen molar-refractivity contribution in [3.05, 3.63) is 60.2 Å². The fraction of sp³-hybridized carbons (Fsp3) is 0.409. The van der Waals surface area contributed by atoms with Gasteiger partial charge in [0.1, 0.15) is 0 Å². The largest absolute Gasteiger partial charge is 0.381 e. The van der Waals surface area contributed by atoms with Gasteiger partial charge in [0.05, 0.1) is 0 Å². The molecule has 0 radical (unpaired) electrons. The van der Waals surface area contributed by atoms with Crippen LogP contribution in [0.1, 0.15) is 31.2 Å². The van der Waals surface area contributed by atoms with Crippen LogP contribution in [0.4, 0.5) is 0 Å². The summed E-state index contributed by atoms with van der Waals surface area (Å²) in [7, 11) is 0. The zero-order valence-corrected chi connectivity index (χ0v) is 14.7. The van der Waals surface area contributed by atoms with Crippen molar-refractivity contribution in [2.45, 2.75) is 32.1 Å². The molecule has 0 unspecified atom stereocenters. The van der Waals surface area contributed by atoms with Gasteiger partial charge in [-0.25, -0.2) is 0 Å². The molecule has 0 saturated carbocycles. The van der Waals surface area contributed by atoms with E-state index >= 15 is 0 Å². The lowest BCUT2D eigenvalue weighted by molar-refractivity contribution is -0.116. The first-order valence-corrected chi connectivity index (χ1v) is 9.31. The van der Waals surface area contributed by atoms with E-state index in [1.807, 2.05) is 6.08 Å². The van der Waals surface area contributed by atoms with E-state index in [-0.39, 0.29) is 5.91 Å². The Labute approximate surface area is 150 Å². The van der Waals surface area contributed by atoms with Gasteiger partial charge in [0, 0.05) is 19.8 Å². The Morgan fingerprint density at radius 1 is 1.12 bits per heavy atom. The first-order valence-electron chi connectivity index (χ1n) is 9.31. The zero-order valence-electron chi connectivity index (χ0n) is 14.7. The van der Waals surface area contributed by atoms with E-state index < -0.39 is 0 Å². The number of rotatable bonds is 7. The second-order valence-corrected chi connectivity index (χ2v) is 6.78. The summed E-state index contributed by atoms with van der Waals surface area (Å²) in [6.45, 7) is 2.42. The van der Waals surface area contributed by atoms with Gasteiger partial charge >= 0.3 is 0 Å². The summed E-state index contributed by atoms with van der Waals surface area (Å²) in [6, 6.07) is 15.1. The van der Waals surface area contributed by atoms with Crippen molar-refractivity contribution < 1.29 is 9.53 Å². The van der Waals surface area contributed by atoms with E-state index in [2.05, 4.69) is 47.8 Å². The van der Waals surface area contributed by atoms with Crippen LogP contribution in [0.25, 0.3) is 10.8 Å². The van der Waals surface area contributed by atoms with Crippen LogP contribution in [0.15, 0.2) is 54.6 Å². The minimum atomic E-state index is 0.0252. The van der Waals surface area contributed by atoms with E-state index in [1.165, 1.54) is 16.3 Å². The van der Waals surface area contributed by atoms with Gasteiger partial charge in [0.2, 0.25) is 5.91 Å². The summed E-state index contributed by atoms with van der Waals surface area (Å²) in [4.78, 5) is 11.8. The minimum Gasteiger partial charge on any atom is -0.381 e. The number of benzene rings is 2. The first-order chi connectivity index (χ1) is 12.3. The molecule has 132 valence electrons. The molecule has 1 N–H and O–H groups in total. The Kier molecular flexibility index (Phi) is 6.63. The molecule has 0 bridgehead atoms. The Morgan fingerprint density at radius 2 is 1.92 bits per heavy atom. The normalized spacial score (nSPS) is 15.7. The Hall–Kier alpha value is -2.13. The number of aryl methyl sites for hydroxylation is 1. The fourth-order valence-electron chi connectivity index (χ4n) is 3.26. The van der Waals surface area contributed by atoms with Gasteiger partial charge < -0.3 is 10.1 Å². The second-order valence-electron chi connectivity index (χ2n) is 6.78. The summed E-state index contributed by atoms with van der Waals surface area (Å²) >= 11 is 0. The molecule has 2 aromatic rings. The molecule has 2 aromatic carbocycles. The van der Waals surface area contributed by atoms with Crippen LogP contribution in [-0.4, -0.2) is 25.7 Å². The van der Waals surface area contributed by atoms with Gasteiger partial charge in [0.15, 0.2) is 0 Å². The maximum atomic E-state index is 11.8. The third-order valence-corrected chi connectivity index (χ3v) is 4.83. The van der Waals surface area contributed by atoms with Crippen molar-refractivity contribution >= 4 is 16.7 Å². The standard InChI is InChI=1S/C22H27NO2/c24-22(23-17-19-12-14-25-15-13-19)9-3-1-2-6-18-10-11-20-7-4-5-8-21(20)16-18/h3-5,7-11,16,19H,1-2,6,12-15,17H2,(H,23,24). The van der Waals surface area contributed by atoms with Gasteiger partial charge in [-0.2, -0.15) is 0 Å². The van der Waals surface area contributed by atoms with Crippen molar-refractivity contribution in [1.29, 1.82) is 0 Å². The Bertz CT molecular complexity index is 717. The fourth-order valence-corrected chi connectivity index (χ4v) is 3.26. The molecule has 3 nitrogen and oxygen atoms in total. The molecule has 1 aliphatic rings. The molecular weight excluding hydrogens is 310 g/mol. The smallest absolute Gasteiger partial charge is 0.243 e. The van der Waals surface area contributed by atoms with Crippen LogP contribution < -0.4 is 5.32 Å². The van der Waals surface area contributed by atoms with Crippen LogP contribution >= 0.6 is 0 Å². The summed E-state index contributed by atoms with van der Waals surface area (Å²) in [5.41, 5.74) is 1.36. The molecule has 3 heteroatoms. The van der Waals surface area contributed by atoms with Crippen molar-refractivity contribution in [3.8, 4) is 0 Å². The number of carbonyl (C=O) groups excluding carboxylic acids is 1. The van der Waals surface area contributed by atoms with Crippen molar-refractivity contribution in [1.82, 2.24) is 5.32 Å². The third-order valence-electron chi connectivity index (χ3n) is 4.83. The zero-order chi connectivity index (χ0) is 17.3. The van der Waals surface area contributed by atoms with E-state index in [9.17, 15) is 4.79 Å². The SMILES string of the molecule is O=C(C=CCCCc1ccc2ccccc2c1)NCC1CCOCC1. The van der Waals surface area contributed by atoms with E-state index in [4.69, 9.17) is 4.74 Å². The molecule has 0 aromatic heterocycles. The monoisotopic (exact) mass is 337 g/mol. The second kappa shape index (κ2) is 9.38. The lowest BCUT2D eigenvalue weighted by Crippen LogP contribution is -2.31. The number of fused-ring (bicyclic) bond motifs is 1. The lowest BCUT2D eigenvalue weighted by atomic mass is 10.0. The molecular formula is C22H27NO2. The van der Waals surface area contributed by atoms with Gasteiger partial charge in [0.25, 0.3) is 0 Å². The summed E-state index contributed by atoms with van der Waals surface area (Å²) in [5.74, 6) is 0.594. The Balaban J connectivity index is 1.35. The van der Waals surface area contributed by atoms with Crippen molar-refractivity contribution in [2.24, 2.45) is 5.92 Å². The Morgan fingerprint density at radius 3 is 2.76 bits per heavy atom. The molecule has 25 heavy (non-hydrogen) atoms. The van der Waals surface area contributed by atoms with Crippen molar-refractivity contribution in [3.63, 3.8) is 0 Å². The third kappa shape index (κ3) is 5.71. The van der Waals surface area contributed by atoms with Crippen LogP contribution in [0, 0.1) is 5.92 Å². The van der Waals surface area contributed by atoms with Gasteiger partial charge in [-0.05, 0) is 60.4 Å². The molecule has 1 heterocycles. The molecule has 0 atom stereocenters. The lowest BCUT2D eigenvalue weighted by Gasteiger charge is -2.21. The van der Waals surface area contributed by atoms with Crippen LogP contribution in [0.5, 0.6) is 0 Å². The summed E-state index contributed by atoms with van der Waals surface area (Å²) < 4.78 is 5.33. The van der Waals surface area contributed by atoms with E-state index in [1.54, 1.807) is 6.08 Å². The summed E-state index contributed by atoms with van der Waals surface area (Å²) in [6.07, 6.45) is 8.80. The molecule has 3 rings (SSSR count). The maximum absolute atomic E-state index is 11.8. The van der Waals surface area contributed by atoms with Crippen LogP contribution in [-0.2, 0) is 16.0 Å². The first kappa shape index (κ1) is 17.7. The quantitative estimate of drug-likeness (QED) is 0.605. The number of carbonyl (C=O) groups is 1. The van der Waals surface area contributed by atoms with Crippen molar-refractivity contribution in [2.75, 3.05) is 19.8 Å². The highest BCUT2D eigenvalue weighted by molar-refractivity contribution is 5.87. The number of allylic oxidation sites excluding steroid dienone is 1. The number of amides is 1. The highest BCUT2D eigenvalue weighted by atomic mass is 16.5. The number of unbranched alkanes of at least 4 members (excludes halogenated alkanes) is 1. The molecule has 0 spiro atoms. The highest BCUT2D eigenvalue weighted by Crippen LogP contribution is 2.17. The number of ether oxygens (including phenoxy) is 1. The van der Waals surface area contributed by atoms with Crippen LogP contribution in [0.2, 0.25) is 0 Å². The van der Waals surface area contributed by atoms with Crippen LogP contribution in [0.3, 0.4) is 0 Å². The topological polar surface area (TPSA) is 38.3 Å². The van der Waals surface area contributed by atoms with Gasteiger partial charge in [-0.3, -0.25) is 4.79 Å². The number of hydrogen-bond acceptors (Lipinski definition) is 2. The van der Waals surface area contributed by atoms with Gasteiger partial charge in [-0.15, -0.1) is 0 Å². The average molecular weight is 337 g/mol. The van der Waals surface area contributed by atoms with Gasteiger partial charge in [-0.1, -0.05) is 48.5 Å².